The third-order valence-electron chi connectivity index (χ3n) is 3.45. The number of hydrogen-bond donors (Lipinski definition) is 1. The standard InChI is InChI=1S/C14H20FN3O3/c1-3-21-14(19)18-6-4-17(5-7-18)12-9-13(20-2)10(15)8-11(12)16/h8-9H,3-7,16H2,1-2H3. The molecule has 1 fully saturated rings. The Labute approximate surface area is 123 Å². The van der Waals surface area contributed by atoms with Gasteiger partial charge in [0.2, 0.25) is 0 Å². The number of carbonyl (C=O) groups excluding carboxylic acids is 1. The highest BCUT2D eigenvalue weighted by molar-refractivity contribution is 5.71. The summed E-state index contributed by atoms with van der Waals surface area (Å²) in [6.45, 7) is 4.44. The Morgan fingerprint density at radius 1 is 1.33 bits per heavy atom. The summed E-state index contributed by atoms with van der Waals surface area (Å²) < 4.78 is 23.5. The predicted molar refractivity (Wildman–Crippen MR) is 78.2 cm³/mol. The number of piperazine rings is 1. The van der Waals surface area contributed by atoms with Crippen molar-refractivity contribution in [3.05, 3.63) is 17.9 Å². The minimum atomic E-state index is -0.482. The van der Waals surface area contributed by atoms with Crippen LogP contribution in [-0.4, -0.2) is 50.9 Å². The van der Waals surface area contributed by atoms with Crippen molar-refractivity contribution in [2.75, 3.05) is 50.5 Å². The highest BCUT2D eigenvalue weighted by Crippen LogP contribution is 2.31. The van der Waals surface area contributed by atoms with Gasteiger partial charge in [-0.1, -0.05) is 0 Å². The molecule has 0 aliphatic carbocycles. The summed E-state index contributed by atoms with van der Waals surface area (Å²) in [7, 11) is 1.41. The van der Waals surface area contributed by atoms with Gasteiger partial charge in [0.1, 0.15) is 0 Å². The van der Waals surface area contributed by atoms with Crippen molar-refractivity contribution in [2.45, 2.75) is 6.92 Å². The van der Waals surface area contributed by atoms with Gasteiger partial charge >= 0.3 is 6.09 Å². The molecule has 1 aromatic carbocycles. The minimum absolute atomic E-state index is 0.159. The second kappa shape index (κ2) is 6.51. The molecule has 2 N–H and O–H groups in total. The molecule has 1 aliphatic heterocycles. The topological polar surface area (TPSA) is 68.0 Å². The molecule has 6 nitrogen and oxygen atoms in total. The average Bonchev–Trinajstić information content (AvgIpc) is 2.48. The fourth-order valence-electron chi connectivity index (χ4n) is 2.33. The van der Waals surface area contributed by atoms with Gasteiger partial charge in [0.05, 0.1) is 25.1 Å². The molecule has 116 valence electrons. The largest absolute Gasteiger partial charge is 0.494 e. The number of halogens is 1. The fraction of sp³-hybridized carbons (Fsp3) is 0.500. The molecule has 0 unspecified atom stereocenters. The molecule has 1 saturated heterocycles. The molecule has 1 heterocycles. The zero-order valence-electron chi connectivity index (χ0n) is 12.3. The lowest BCUT2D eigenvalue weighted by molar-refractivity contribution is 0.105. The number of ether oxygens (including phenoxy) is 2. The molecular weight excluding hydrogens is 277 g/mol. The molecule has 1 amide bonds. The number of hydrogen-bond acceptors (Lipinski definition) is 5. The number of rotatable bonds is 3. The summed E-state index contributed by atoms with van der Waals surface area (Å²) in [5.74, 6) is -0.323. The zero-order valence-corrected chi connectivity index (χ0v) is 12.3. The van der Waals surface area contributed by atoms with Gasteiger partial charge in [-0.2, -0.15) is 0 Å². The van der Waals surface area contributed by atoms with Crippen LogP contribution in [0.3, 0.4) is 0 Å². The lowest BCUT2D eigenvalue weighted by Crippen LogP contribution is -2.49. The van der Waals surface area contributed by atoms with E-state index in [1.807, 2.05) is 4.90 Å². The van der Waals surface area contributed by atoms with Crippen LogP contribution in [-0.2, 0) is 4.74 Å². The SMILES string of the molecule is CCOC(=O)N1CCN(c2cc(OC)c(F)cc2N)CC1. The number of carbonyl (C=O) groups is 1. The van der Waals surface area contributed by atoms with Crippen LogP contribution in [0.15, 0.2) is 12.1 Å². The zero-order chi connectivity index (χ0) is 15.4. The summed E-state index contributed by atoms with van der Waals surface area (Å²) in [5, 5.41) is 0. The molecule has 0 bridgehead atoms. The second-order valence-corrected chi connectivity index (χ2v) is 4.72. The van der Waals surface area contributed by atoms with E-state index in [-0.39, 0.29) is 11.8 Å². The van der Waals surface area contributed by atoms with Crippen LogP contribution >= 0.6 is 0 Å². The monoisotopic (exact) mass is 297 g/mol. The molecule has 2 rings (SSSR count). The van der Waals surface area contributed by atoms with Gasteiger partial charge in [-0.3, -0.25) is 0 Å². The maximum atomic E-state index is 13.6. The van der Waals surface area contributed by atoms with Gasteiger partial charge in [0.25, 0.3) is 0 Å². The van der Waals surface area contributed by atoms with E-state index in [1.165, 1.54) is 13.2 Å². The Morgan fingerprint density at radius 3 is 2.57 bits per heavy atom. The van der Waals surface area contributed by atoms with E-state index in [4.69, 9.17) is 15.2 Å². The Hall–Kier alpha value is -2.18. The third-order valence-corrected chi connectivity index (χ3v) is 3.45. The minimum Gasteiger partial charge on any atom is -0.494 e. The van der Waals surface area contributed by atoms with E-state index < -0.39 is 5.82 Å². The molecule has 0 saturated carbocycles. The maximum Gasteiger partial charge on any atom is 0.409 e. The predicted octanol–water partition coefficient (Wildman–Crippen LogP) is 1.69. The quantitative estimate of drug-likeness (QED) is 0.860. The lowest BCUT2D eigenvalue weighted by atomic mass is 10.2. The van der Waals surface area contributed by atoms with E-state index >= 15 is 0 Å². The van der Waals surface area contributed by atoms with E-state index in [2.05, 4.69) is 0 Å². The van der Waals surface area contributed by atoms with Gasteiger partial charge in [-0.15, -0.1) is 0 Å². The van der Waals surface area contributed by atoms with Crippen molar-refractivity contribution >= 4 is 17.5 Å². The molecule has 0 aromatic heterocycles. The maximum absolute atomic E-state index is 13.6. The molecule has 0 spiro atoms. The Bertz CT molecular complexity index is 516. The number of amides is 1. The normalized spacial score (nSPS) is 15.0. The Morgan fingerprint density at radius 2 is 2.00 bits per heavy atom. The summed E-state index contributed by atoms with van der Waals surface area (Å²) in [5.41, 5.74) is 6.95. The van der Waals surface area contributed by atoms with Crippen molar-refractivity contribution in [1.82, 2.24) is 4.90 Å². The lowest BCUT2D eigenvalue weighted by Gasteiger charge is -2.36. The van der Waals surface area contributed by atoms with Gasteiger partial charge in [0, 0.05) is 38.3 Å². The molecule has 0 radical (unpaired) electrons. The van der Waals surface area contributed by atoms with Crippen LogP contribution in [0.25, 0.3) is 0 Å². The van der Waals surface area contributed by atoms with Gasteiger partial charge in [-0.25, -0.2) is 9.18 Å². The van der Waals surface area contributed by atoms with Crippen molar-refractivity contribution in [2.24, 2.45) is 0 Å². The van der Waals surface area contributed by atoms with E-state index in [9.17, 15) is 9.18 Å². The summed E-state index contributed by atoms with van der Waals surface area (Å²) >= 11 is 0. The highest BCUT2D eigenvalue weighted by Gasteiger charge is 2.23. The first-order chi connectivity index (χ1) is 10.1. The molecule has 7 heteroatoms. The average molecular weight is 297 g/mol. The summed E-state index contributed by atoms with van der Waals surface area (Å²) in [4.78, 5) is 15.3. The Kier molecular flexibility index (Phi) is 4.72. The van der Waals surface area contributed by atoms with E-state index in [0.717, 1.165) is 5.69 Å². The third kappa shape index (κ3) is 3.29. The first-order valence-electron chi connectivity index (χ1n) is 6.86. The highest BCUT2D eigenvalue weighted by atomic mass is 19.1. The molecule has 21 heavy (non-hydrogen) atoms. The van der Waals surface area contributed by atoms with E-state index in [0.29, 0.717) is 38.5 Å². The van der Waals surface area contributed by atoms with Crippen LogP contribution in [0.4, 0.5) is 20.6 Å². The number of nitrogens with zero attached hydrogens (tertiary/aromatic N) is 2. The van der Waals surface area contributed by atoms with E-state index in [1.54, 1.807) is 17.9 Å². The van der Waals surface area contributed by atoms with Crippen LogP contribution < -0.4 is 15.4 Å². The van der Waals surface area contributed by atoms with Gasteiger partial charge in [0.15, 0.2) is 11.6 Å². The van der Waals surface area contributed by atoms with Crippen molar-refractivity contribution in [3.8, 4) is 5.75 Å². The molecule has 1 aliphatic rings. The number of nitrogens with two attached hydrogens (primary N) is 1. The van der Waals surface area contributed by atoms with Crippen LogP contribution in [0, 0.1) is 5.82 Å². The van der Waals surface area contributed by atoms with Gasteiger partial charge in [-0.05, 0) is 6.92 Å². The van der Waals surface area contributed by atoms with Gasteiger partial charge < -0.3 is 25.0 Å². The number of methoxy groups -OCH3 is 1. The molecule has 1 aromatic rings. The van der Waals surface area contributed by atoms with Crippen molar-refractivity contribution < 1.29 is 18.7 Å². The second-order valence-electron chi connectivity index (χ2n) is 4.72. The number of nitrogen functional groups attached to an aromatic ring is 1. The number of anilines is 2. The molecular formula is C14H20FN3O3. The summed E-state index contributed by atoms with van der Waals surface area (Å²) in [6.07, 6.45) is -0.304. The fourth-order valence-corrected chi connectivity index (χ4v) is 2.33. The first-order valence-corrected chi connectivity index (χ1v) is 6.86. The van der Waals surface area contributed by atoms with Crippen molar-refractivity contribution in [1.29, 1.82) is 0 Å². The molecule has 0 atom stereocenters. The van der Waals surface area contributed by atoms with Crippen LogP contribution in [0.2, 0.25) is 0 Å². The first kappa shape index (κ1) is 15.2. The summed E-state index contributed by atoms with van der Waals surface area (Å²) in [6, 6.07) is 2.84. The van der Waals surface area contributed by atoms with Crippen LogP contribution in [0.5, 0.6) is 5.75 Å². The smallest absolute Gasteiger partial charge is 0.409 e. The van der Waals surface area contributed by atoms with Crippen LogP contribution in [0.1, 0.15) is 6.92 Å². The Balaban J connectivity index is 2.07. The number of benzene rings is 1. The van der Waals surface area contributed by atoms with Crippen molar-refractivity contribution in [3.63, 3.8) is 0 Å².